The van der Waals surface area contributed by atoms with E-state index in [9.17, 15) is 0 Å². The molecule has 0 aliphatic heterocycles. The molecule has 0 heterocycles. The molecule has 0 fully saturated rings. The van der Waals surface area contributed by atoms with Gasteiger partial charge in [0.25, 0.3) is 0 Å². The molecule has 0 bridgehead atoms. The van der Waals surface area contributed by atoms with Crippen LogP contribution in [0.2, 0.25) is 0 Å². The maximum atomic E-state index is 8.74. The summed E-state index contributed by atoms with van der Waals surface area (Å²) in [4.78, 5) is 2.14. The fraction of sp³-hybridized carbons (Fsp3) is 0.600. The number of methoxy groups -OCH3 is 1. The predicted molar refractivity (Wildman–Crippen MR) is 80.5 cm³/mol. The Morgan fingerprint density at radius 2 is 2.05 bits per heavy atom. The topological polar surface area (TPSA) is 54.0 Å². The van der Waals surface area contributed by atoms with Crippen LogP contribution in [0.1, 0.15) is 12.0 Å². The van der Waals surface area contributed by atoms with E-state index < -0.39 is 0 Å². The van der Waals surface area contributed by atoms with Gasteiger partial charge in [0.1, 0.15) is 0 Å². The van der Waals surface area contributed by atoms with Gasteiger partial charge >= 0.3 is 0 Å². The van der Waals surface area contributed by atoms with Crippen molar-refractivity contribution in [3.8, 4) is 11.5 Å². The summed E-state index contributed by atoms with van der Waals surface area (Å²) in [6, 6.07) is 5.91. The summed E-state index contributed by atoms with van der Waals surface area (Å²) in [5.74, 6) is 1.52. The second kappa shape index (κ2) is 9.58. The highest BCUT2D eigenvalue weighted by molar-refractivity contribution is 5.42. The molecule has 5 heteroatoms. The summed E-state index contributed by atoms with van der Waals surface area (Å²) in [6.07, 6.45) is 0.982. The molecule has 0 aliphatic rings. The van der Waals surface area contributed by atoms with Gasteiger partial charge in [-0.3, -0.25) is 0 Å². The van der Waals surface area contributed by atoms with Crippen LogP contribution in [0.3, 0.4) is 0 Å². The first-order valence-electron chi connectivity index (χ1n) is 6.93. The number of hydrogen-bond donors (Lipinski definition) is 2. The first-order valence-corrected chi connectivity index (χ1v) is 6.93. The lowest BCUT2D eigenvalue weighted by molar-refractivity contribution is 0.268. The average Bonchev–Trinajstić information content (AvgIpc) is 2.44. The van der Waals surface area contributed by atoms with Crippen molar-refractivity contribution in [2.75, 3.05) is 47.5 Å². The average molecular weight is 282 g/mol. The fourth-order valence-corrected chi connectivity index (χ4v) is 1.82. The number of ether oxygens (including phenoxy) is 2. The maximum Gasteiger partial charge on any atom is 0.161 e. The van der Waals surface area contributed by atoms with Crippen LogP contribution < -0.4 is 14.8 Å². The number of rotatable bonds is 10. The normalized spacial score (nSPS) is 10.8. The molecule has 0 atom stereocenters. The van der Waals surface area contributed by atoms with Crippen LogP contribution >= 0.6 is 0 Å². The van der Waals surface area contributed by atoms with Gasteiger partial charge in [-0.15, -0.1) is 0 Å². The van der Waals surface area contributed by atoms with Gasteiger partial charge in [0.2, 0.25) is 0 Å². The summed E-state index contributed by atoms with van der Waals surface area (Å²) < 4.78 is 11.1. The van der Waals surface area contributed by atoms with Crippen LogP contribution in [0.5, 0.6) is 11.5 Å². The molecule has 0 radical (unpaired) electrons. The van der Waals surface area contributed by atoms with Gasteiger partial charge in [-0.05, 0) is 38.2 Å². The van der Waals surface area contributed by atoms with Crippen molar-refractivity contribution in [2.45, 2.75) is 13.0 Å². The van der Waals surface area contributed by atoms with E-state index in [1.54, 1.807) is 7.11 Å². The third kappa shape index (κ3) is 6.23. The number of nitrogens with zero attached hydrogens (tertiary/aromatic N) is 1. The van der Waals surface area contributed by atoms with E-state index in [1.807, 2.05) is 18.2 Å². The zero-order valence-electron chi connectivity index (χ0n) is 12.7. The zero-order valence-corrected chi connectivity index (χ0v) is 12.7. The minimum absolute atomic E-state index is 0.143. The van der Waals surface area contributed by atoms with E-state index >= 15 is 0 Å². The second-order valence-corrected chi connectivity index (χ2v) is 4.89. The van der Waals surface area contributed by atoms with Crippen molar-refractivity contribution >= 4 is 0 Å². The van der Waals surface area contributed by atoms with Crippen LogP contribution in [0.25, 0.3) is 0 Å². The molecule has 1 rings (SSSR count). The zero-order chi connectivity index (χ0) is 14.8. The SMILES string of the molecule is COc1cc(CNCCO)ccc1OCCCN(C)C. The number of aliphatic hydroxyl groups is 1. The molecule has 0 aromatic heterocycles. The highest BCUT2D eigenvalue weighted by Gasteiger charge is 2.05. The van der Waals surface area contributed by atoms with Crippen molar-refractivity contribution in [3.63, 3.8) is 0 Å². The van der Waals surface area contributed by atoms with Gasteiger partial charge in [0.05, 0.1) is 20.3 Å². The van der Waals surface area contributed by atoms with Crippen molar-refractivity contribution in [2.24, 2.45) is 0 Å². The monoisotopic (exact) mass is 282 g/mol. The molecule has 1 aromatic rings. The Hall–Kier alpha value is -1.30. The van der Waals surface area contributed by atoms with E-state index in [2.05, 4.69) is 24.3 Å². The largest absolute Gasteiger partial charge is 0.493 e. The quantitative estimate of drug-likeness (QED) is 0.630. The van der Waals surface area contributed by atoms with Crippen LogP contribution in [0, 0.1) is 0 Å². The smallest absolute Gasteiger partial charge is 0.161 e. The van der Waals surface area contributed by atoms with Gasteiger partial charge < -0.3 is 24.8 Å². The number of benzene rings is 1. The lowest BCUT2D eigenvalue weighted by atomic mass is 10.2. The third-order valence-corrected chi connectivity index (χ3v) is 2.85. The van der Waals surface area contributed by atoms with Crippen molar-refractivity contribution in [1.29, 1.82) is 0 Å². The number of aliphatic hydroxyl groups excluding tert-OH is 1. The van der Waals surface area contributed by atoms with Crippen LogP contribution in [-0.2, 0) is 6.54 Å². The molecular weight excluding hydrogens is 256 g/mol. The van der Waals surface area contributed by atoms with Crippen LogP contribution in [0.15, 0.2) is 18.2 Å². The summed E-state index contributed by atoms with van der Waals surface area (Å²) in [5, 5.41) is 11.9. The molecule has 0 saturated carbocycles. The fourth-order valence-electron chi connectivity index (χ4n) is 1.82. The third-order valence-electron chi connectivity index (χ3n) is 2.85. The van der Waals surface area contributed by atoms with E-state index in [-0.39, 0.29) is 6.61 Å². The number of hydrogen-bond acceptors (Lipinski definition) is 5. The van der Waals surface area contributed by atoms with Crippen molar-refractivity contribution < 1.29 is 14.6 Å². The Morgan fingerprint density at radius 1 is 1.25 bits per heavy atom. The molecule has 2 N–H and O–H groups in total. The molecule has 1 aromatic carbocycles. The predicted octanol–water partition coefficient (Wildman–Crippen LogP) is 1.11. The molecule has 5 nitrogen and oxygen atoms in total. The Labute approximate surface area is 121 Å². The Kier molecular flexibility index (Phi) is 8.02. The Bertz CT molecular complexity index is 383. The second-order valence-electron chi connectivity index (χ2n) is 4.89. The Balaban J connectivity index is 2.50. The lowest BCUT2D eigenvalue weighted by Gasteiger charge is -2.14. The number of nitrogens with one attached hydrogen (secondary N) is 1. The maximum absolute atomic E-state index is 8.74. The van der Waals surface area contributed by atoms with Gasteiger partial charge in [-0.25, -0.2) is 0 Å². The molecule has 0 unspecified atom stereocenters. The van der Waals surface area contributed by atoms with Crippen LogP contribution in [0.4, 0.5) is 0 Å². The summed E-state index contributed by atoms with van der Waals surface area (Å²) >= 11 is 0. The lowest BCUT2D eigenvalue weighted by Crippen LogP contribution is -2.17. The van der Waals surface area contributed by atoms with Crippen molar-refractivity contribution in [3.05, 3.63) is 23.8 Å². The molecule has 114 valence electrons. The molecule has 0 saturated heterocycles. The molecule has 0 spiro atoms. The van der Waals surface area contributed by atoms with E-state index in [0.29, 0.717) is 19.7 Å². The molecule has 20 heavy (non-hydrogen) atoms. The molecule has 0 amide bonds. The minimum atomic E-state index is 0.143. The summed E-state index contributed by atoms with van der Waals surface area (Å²) in [7, 11) is 5.75. The van der Waals surface area contributed by atoms with E-state index in [4.69, 9.17) is 14.6 Å². The van der Waals surface area contributed by atoms with Gasteiger partial charge in [-0.2, -0.15) is 0 Å². The summed E-state index contributed by atoms with van der Waals surface area (Å²) in [5.41, 5.74) is 1.11. The van der Waals surface area contributed by atoms with E-state index in [1.165, 1.54) is 0 Å². The minimum Gasteiger partial charge on any atom is -0.493 e. The van der Waals surface area contributed by atoms with Gasteiger partial charge in [0, 0.05) is 19.6 Å². The molecule has 0 aliphatic carbocycles. The van der Waals surface area contributed by atoms with Crippen molar-refractivity contribution in [1.82, 2.24) is 10.2 Å². The highest BCUT2D eigenvalue weighted by Crippen LogP contribution is 2.28. The van der Waals surface area contributed by atoms with Gasteiger partial charge in [-0.1, -0.05) is 6.07 Å². The first-order chi connectivity index (χ1) is 9.67. The van der Waals surface area contributed by atoms with Crippen LogP contribution in [-0.4, -0.2) is 57.5 Å². The van der Waals surface area contributed by atoms with E-state index in [0.717, 1.165) is 30.0 Å². The standard InChI is InChI=1S/C15H26N2O3/c1-17(2)8-4-10-20-14-6-5-13(11-15(14)19-3)12-16-7-9-18/h5-6,11,16,18H,4,7-10,12H2,1-3H3. The first kappa shape index (κ1) is 16.8. The summed E-state index contributed by atoms with van der Waals surface area (Å²) in [6.45, 7) is 3.12. The molecular formula is C15H26N2O3. The highest BCUT2D eigenvalue weighted by atomic mass is 16.5. The van der Waals surface area contributed by atoms with Gasteiger partial charge in [0.15, 0.2) is 11.5 Å². The Morgan fingerprint density at radius 3 is 2.70 bits per heavy atom.